The molecule has 0 spiro atoms. The number of ketones is 1. The number of hydrogen-bond donors (Lipinski definition) is 0. The molecule has 2 aliphatic heterocycles. The summed E-state index contributed by atoms with van der Waals surface area (Å²) in [6.45, 7) is 0. The van der Waals surface area contributed by atoms with Crippen LogP contribution in [0.5, 0.6) is 0 Å². The van der Waals surface area contributed by atoms with Crippen LogP contribution >= 0.6 is 0 Å². The van der Waals surface area contributed by atoms with Crippen molar-refractivity contribution < 1.29 is 4.79 Å². The largest absolute Gasteiger partial charge is 0.300 e. The first-order valence-corrected chi connectivity index (χ1v) is 5.57. The zero-order valence-corrected chi connectivity index (χ0v) is 8.94. The van der Waals surface area contributed by atoms with Crippen LogP contribution in [0.1, 0.15) is 30.0 Å². The zero-order valence-electron chi connectivity index (χ0n) is 8.94. The van der Waals surface area contributed by atoms with Crippen molar-refractivity contribution in [3.63, 3.8) is 0 Å². The highest BCUT2D eigenvalue weighted by atomic mass is 16.1. The molecular weight excluding hydrogens is 186 g/mol. The maximum absolute atomic E-state index is 11.6. The van der Waals surface area contributed by atoms with Gasteiger partial charge in [-0.1, -0.05) is 24.3 Å². The zero-order chi connectivity index (χ0) is 10.4. The van der Waals surface area contributed by atoms with Gasteiger partial charge in [0.1, 0.15) is 5.78 Å². The lowest BCUT2D eigenvalue weighted by Crippen LogP contribution is -2.47. The van der Waals surface area contributed by atoms with Crippen LogP contribution in [0.25, 0.3) is 0 Å². The highest BCUT2D eigenvalue weighted by Gasteiger charge is 2.37. The Kier molecular flexibility index (Phi) is 1.93. The van der Waals surface area contributed by atoms with E-state index in [0.717, 1.165) is 12.8 Å². The van der Waals surface area contributed by atoms with Crippen molar-refractivity contribution in [3.05, 3.63) is 35.4 Å². The number of hydrogen-bond acceptors (Lipinski definition) is 2. The fourth-order valence-electron chi connectivity index (χ4n) is 2.95. The van der Waals surface area contributed by atoms with E-state index in [2.05, 4.69) is 36.2 Å². The van der Waals surface area contributed by atoms with E-state index < -0.39 is 0 Å². The Bertz CT molecular complexity index is 413. The standard InChI is InChI=1S/C13H15NO/c1-14-10-6-9-4-2-3-5-12(9)13(14)8-11(15)7-10/h2-5,10,13H,6-8H2,1H3/t10?,13-/m0/s1. The van der Waals surface area contributed by atoms with Gasteiger partial charge in [0.25, 0.3) is 0 Å². The average Bonchev–Trinajstić information content (AvgIpc) is 2.21. The molecular formula is C13H15NO. The lowest BCUT2D eigenvalue weighted by Gasteiger charge is -2.44. The van der Waals surface area contributed by atoms with Crippen LogP contribution in [-0.4, -0.2) is 23.8 Å². The summed E-state index contributed by atoms with van der Waals surface area (Å²) in [5, 5.41) is 0. The van der Waals surface area contributed by atoms with Crippen LogP contribution in [0.2, 0.25) is 0 Å². The number of carbonyl (C=O) groups excluding carboxylic acids is 1. The maximum atomic E-state index is 11.6. The molecule has 0 aromatic heterocycles. The Balaban J connectivity index is 2.09. The van der Waals surface area contributed by atoms with E-state index in [-0.39, 0.29) is 0 Å². The third kappa shape index (κ3) is 1.32. The normalized spacial score (nSPS) is 30.1. The number of nitrogens with zero attached hydrogens (tertiary/aromatic N) is 1. The summed E-state index contributed by atoms with van der Waals surface area (Å²) in [6.07, 6.45) is 2.47. The number of rotatable bonds is 0. The van der Waals surface area contributed by atoms with E-state index >= 15 is 0 Å². The predicted molar refractivity (Wildman–Crippen MR) is 58.7 cm³/mol. The maximum Gasteiger partial charge on any atom is 0.136 e. The summed E-state index contributed by atoms with van der Waals surface area (Å²) >= 11 is 0. The molecule has 0 aliphatic carbocycles. The highest BCUT2D eigenvalue weighted by Crippen LogP contribution is 2.38. The molecule has 2 bridgehead atoms. The molecule has 2 aliphatic rings. The molecule has 15 heavy (non-hydrogen) atoms. The summed E-state index contributed by atoms with van der Waals surface area (Å²) in [5.41, 5.74) is 2.81. The van der Waals surface area contributed by atoms with E-state index in [0.29, 0.717) is 24.3 Å². The molecule has 2 atom stereocenters. The molecule has 1 aromatic carbocycles. The van der Waals surface area contributed by atoms with Gasteiger partial charge >= 0.3 is 0 Å². The lowest BCUT2D eigenvalue weighted by molar-refractivity contribution is -0.125. The fraction of sp³-hybridized carbons (Fsp3) is 0.462. The smallest absolute Gasteiger partial charge is 0.136 e. The van der Waals surface area contributed by atoms with Gasteiger partial charge in [-0.3, -0.25) is 9.69 Å². The SMILES string of the molecule is CN1C2CC(=O)C[C@H]1c1ccccc1C2. The second-order valence-electron chi connectivity index (χ2n) is 4.68. The van der Waals surface area contributed by atoms with E-state index in [4.69, 9.17) is 0 Å². The molecule has 0 saturated carbocycles. The molecule has 0 N–H and O–H groups in total. The quantitative estimate of drug-likeness (QED) is 0.639. The lowest BCUT2D eigenvalue weighted by atomic mass is 9.80. The van der Waals surface area contributed by atoms with Crippen LogP contribution in [-0.2, 0) is 11.2 Å². The predicted octanol–water partition coefficient (Wildman–Crippen LogP) is 1.95. The fourth-order valence-corrected chi connectivity index (χ4v) is 2.95. The minimum atomic E-state index is 0.334. The summed E-state index contributed by atoms with van der Waals surface area (Å²) in [4.78, 5) is 14.0. The molecule has 0 radical (unpaired) electrons. The number of piperidine rings is 1. The number of benzene rings is 1. The number of carbonyl (C=O) groups is 1. The molecule has 1 unspecified atom stereocenters. The molecule has 2 heteroatoms. The first kappa shape index (κ1) is 9.10. The van der Waals surface area contributed by atoms with Crippen LogP contribution in [0, 0.1) is 0 Å². The van der Waals surface area contributed by atoms with Gasteiger partial charge in [-0.05, 0) is 24.6 Å². The van der Waals surface area contributed by atoms with Crippen molar-refractivity contribution in [1.29, 1.82) is 0 Å². The Labute approximate surface area is 89.9 Å². The van der Waals surface area contributed by atoms with E-state index in [1.807, 2.05) is 0 Å². The Morgan fingerprint density at radius 2 is 2.00 bits per heavy atom. The van der Waals surface area contributed by atoms with Gasteiger partial charge < -0.3 is 0 Å². The second kappa shape index (κ2) is 3.17. The van der Waals surface area contributed by atoms with Gasteiger partial charge in [0.15, 0.2) is 0 Å². The van der Waals surface area contributed by atoms with Gasteiger partial charge in [-0.2, -0.15) is 0 Å². The van der Waals surface area contributed by atoms with Crippen molar-refractivity contribution in [2.45, 2.75) is 31.3 Å². The molecule has 78 valence electrons. The highest BCUT2D eigenvalue weighted by molar-refractivity contribution is 5.81. The Morgan fingerprint density at radius 1 is 1.20 bits per heavy atom. The van der Waals surface area contributed by atoms with Gasteiger partial charge in [-0.15, -0.1) is 0 Å². The molecule has 0 amide bonds. The molecule has 1 saturated heterocycles. The molecule has 1 aromatic rings. The molecule has 1 fully saturated rings. The monoisotopic (exact) mass is 201 g/mol. The van der Waals surface area contributed by atoms with Crippen LogP contribution in [0.3, 0.4) is 0 Å². The van der Waals surface area contributed by atoms with Gasteiger partial charge in [0.2, 0.25) is 0 Å². The minimum Gasteiger partial charge on any atom is -0.300 e. The van der Waals surface area contributed by atoms with Crippen LogP contribution < -0.4 is 0 Å². The van der Waals surface area contributed by atoms with Gasteiger partial charge in [0.05, 0.1) is 0 Å². The number of fused-ring (bicyclic) bond motifs is 4. The van der Waals surface area contributed by atoms with Gasteiger partial charge in [-0.25, -0.2) is 0 Å². The minimum absolute atomic E-state index is 0.334. The number of likely N-dealkylation sites (N-methyl/N-ethyl adjacent to an activating group) is 1. The van der Waals surface area contributed by atoms with Crippen molar-refractivity contribution in [2.24, 2.45) is 0 Å². The summed E-state index contributed by atoms with van der Waals surface area (Å²) < 4.78 is 0. The first-order chi connectivity index (χ1) is 7.25. The van der Waals surface area contributed by atoms with Crippen LogP contribution in [0.15, 0.2) is 24.3 Å². The van der Waals surface area contributed by atoms with Crippen molar-refractivity contribution >= 4 is 5.78 Å². The Morgan fingerprint density at radius 3 is 2.87 bits per heavy atom. The summed E-state index contributed by atoms with van der Waals surface area (Å²) in [6, 6.07) is 9.32. The molecule has 2 nitrogen and oxygen atoms in total. The average molecular weight is 201 g/mol. The van der Waals surface area contributed by atoms with Crippen LogP contribution in [0.4, 0.5) is 0 Å². The molecule has 2 heterocycles. The van der Waals surface area contributed by atoms with Crippen molar-refractivity contribution in [1.82, 2.24) is 4.90 Å². The summed E-state index contributed by atoms with van der Waals surface area (Å²) in [5.74, 6) is 0.428. The van der Waals surface area contributed by atoms with Crippen molar-refractivity contribution in [2.75, 3.05) is 7.05 Å². The molecule has 3 rings (SSSR count). The Hall–Kier alpha value is -1.15. The number of Topliss-reactive ketones (excluding diaryl/α,β-unsaturated/α-hetero) is 1. The van der Waals surface area contributed by atoms with E-state index in [1.165, 1.54) is 11.1 Å². The summed E-state index contributed by atoms with van der Waals surface area (Å²) in [7, 11) is 2.15. The van der Waals surface area contributed by atoms with E-state index in [1.54, 1.807) is 0 Å². The van der Waals surface area contributed by atoms with Crippen molar-refractivity contribution in [3.8, 4) is 0 Å². The van der Waals surface area contributed by atoms with Gasteiger partial charge in [0, 0.05) is 24.9 Å². The van der Waals surface area contributed by atoms with E-state index in [9.17, 15) is 4.79 Å². The third-order valence-corrected chi connectivity index (χ3v) is 3.82. The first-order valence-electron chi connectivity index (χ1n) is 5.57. The second-order valence-corrected chi connectivity index (χ2v) is 4.68. The topological polar surface area (TPSA) is 20.3 Å². The third-order valence-electron chi connectivity index (χ3n) is 3.82.